The third kappa shape index (κ3) is 3.00. The molecule has 0 radical (unpaired) electrons. The van der Waals surface area contributed by atoms with Gasteiger partial charge in [-0.1, -0.05) is 21.1 Å². The van der Waals surface area contributed by atoms with Crippen molar-refractivity contribution in [2.45, 2.75) is 6.92 Å². The van der Waals surface area contributed by atoms with Gasteiger partial charge in [-0.3, -0.25) is 4.79 Å². The predicted octanol–water partition coefficient (Wildman–Crippen LogP) is 3.17. The van der Waals surface area contributed by atoms with Gasteiger partial charge in [0.2, 0.25) is 0 Å². The van der Waals surface area contributed by atoms with Gasteiger partial charge < -0.3 is 16.3 Å². The molecule has 104 valence electrons. The number of oxime groups is 1. The Bertz CT molecular complexity index is 682. The summed E-state index contributed by atoms with van der Waals surface area (Å²) in [5.41, 5.74) is 8.08. The van der Waals surface area contributed by atoms with Crippen LogP contribution in [0.2, 0.25) is 0 Å². The van der Waals surface area contributed by atoms with Gasteiger partial charge in [-0.25, -0.2) is 0 Å². The van der Waals surface area contributed by atoms with Gasteiger partial charge >= 0.3 is 0 Å². The molecular formula is C13H12BrN3O2S. The van der Waals surface area contributed by atoms with Crippen molar-refractivity contribution in [2.75, 3.05) is 5.32 Å². The zero-order chi connectivity index (χ0) is 14.7. The summed E-state index contributed by atoms with van der Waals surface area (Å²) >= 11 is 4.77. The summed E-state index contributed by atoms with van der Waals surface area (Å²) in [5, 5.41) is 18.2. The van der Waals surface area contributed by atoms with Crippen molar-refractivity contribution in [1.29, 1.82) is 0 Å². The van der Waals surface area contributed by atoms with E-state index in [9.17, 15) is 4.79 Å². The van der Waals surface area contributed by atoms with E-state index in [1.165, 1.54) is 11.3 Å². The number of nitrogens with two attached hydrogens (primary N) is 1. The SMILES string of the molecule is Cc1cscc1C(=O)Nc1ccc(Br)cc1/C(N)=N/O. The number of hydrogen-bond donors (Lipinski definition) is 3. The Morgan fingerprint density at radius 2 is 2.15 bits per heavy atom. The lowest BCUT2D eigenvalue weighted by Crippen LogP contribution is -2.19. The standard InChI is InChI=1S/C13H12BrN3O2S/c1-7-5-20-6-10(7)13(18)16-11-3-2-8(14)4-9(11)12(15)17-19/h2-6,19H,1H3,(H2,15,17)(H,16,18). The number of amidine groups is 1. The molecule has 2 aromatic rings. The normalized spacial score (nSPS) is 11.4. The first-order chi connectivity index (χ1) is 9.52. The first kappa shape index (κ1) is 14.5. The highest BCUT2D eigenvalue weighted by atomic mass is 79.9. The lowest BCUT2D eigenvalue weighted by molar-refractivity contribution is 0.102. The van der Waals surface area contributed by atoms with E-state index in [0.29, 0.717) is 16.8 Å². The summed E-state index contributed by atoms with van der Waals surface area (Å²) in [6.45, 7) is 1.87. The van der Waals surface area contributed by atoms with Gasteiger partial charge in [-0.05, 0) is 36.1 Å². The maximum atomic E-state index is 12.2. The van der Waals surface area contributed by atoms with Gasteiger partial charge in [0.05, 0.1) is 11.3 Å². The number of anilines is 1. The Balaban J connectivity index is 2.35. The number of rotatable bonds is 3. The highest BCUT2D eigenvalue weighted by Gasteiger charge is 2.14. The average molecular weight is 354 g/mol. The second-order valence-electron chi connectivity index (χ2n) is 4.10. The molecule has 0 aliphatic heterocycles. The van der Waals surface area contributed by atoms with Crippen LogP contribution in [0.3, 0.4) is 0 Å². The van der Waals surface area contributed by atoms with Gasteiger partial charge in [0.15, 0.2) is 5.84 Å². The highest BCUT2D eigenvalue weighted by Crippen LogP contribution is 2.23. The number of benzene rings is 1. The van der Waals surface area contributed by atoms with Crippen molar-refractivity contribution in [3.8, 4) is 0 Å². The monoisotopic (exact) mass is 353 g/mol. The first-order valence-corrected chi connectivity index (χ1v) is 7.38. The molecule has 1 aromatic carbocycles. The van der Waals surface area contributed by atoms with E-state index in [2.05, 4.69) is 26.4 Å². The van der Waals surface area contributed by atoms with Crippen LogP contribution >= 0.6 is 27.3 Å². The van der Waals surface area contributed by atoms with Crippen molar-refractivity contribution in [1.82, 2.24) is 0 Å². The number of thiophene rings is 1. The third-order valence-electron chi connectivity index (χ3n) is 2.71. The average Bonchev–Trinajstić information content (AvgIpc) is 2.86. The van der Waals surface area contributed by atoms with Crippen LogP contribution in [0, 0.1) is 6.92 Å². The molecule has 0 aliphatic carbocycles. The number of hydrogen-bond acceptors (Lipinski definition) is 4. The molecule has 0 spiro atoms. The Kier molecular flexibility index (Phi) is 4.41. The summed E-state index contributed by atoms with van der Waals surface area (Å²) in [6.07, 6.45) is 0. The van der Waals surface area contributed by atoms with Crippen LogP contribution in [0.4, 0.5) is 5.69 Å². The number of nitrogens with one attached hydrogen (secondary N) is 1. The van der Waals surface area contributed by atoms with Crippen molar-refractivity contribution in [2.24, 2.45) is 10.9 Å². The van der Waals surface area contributed by atoms with Gasteiger partial charge in [-0.2, -0.15) is 11.3 Å². The summed E-state index contributed by atoms with van der Waals surface area (Å²) in [7, 11) is 0. The molecule has 1 heterocycles. The summed E-state index contributed by atoms with van der Waals surface area (Å²) in [4.78, 5) is 12.2. The molecule has 0 atom stereocenters. The predicted molar refractivity (Wildman–Crippen MR) is 83.7 cm³/mol. The molecule has 0 saturated carbocycles. The maximum Gasteiger partial charge on any atom is 0.256 e. The minimum Gasteiger partial charge on any atom is -0.409 e. The quantitative estimate of drug-likeness (QED) is 0.342. The molecule has 0 fully saturated rings. The molecule has 0 aliphatic rings. The van der Waals surface area contributed by atoms with E-state index in [0.717, 1.165) is 10.0 Å². The fraction of sp³-hybridized carbons (Fsp3) is 0.0769. The topological polar surface area (TPSA) is 87.7 Å². The summed E-state index contributed by atoms with van der Waals surface area (Å²) in [5.74, 6) is -0.290. The molecule has 5 nitrogen and oxygen atoms in total. The second kappa shape index (κ2) is 6.06. The van der Waals surface area contributed by atoms with Crippen molar-refractivity contribution >= 4 is 44.7 Å². The molecule has 2 rings (SSSR count). The lowest BCUT2D eigenvalue weighted by Gasteiger charge is -2.10. The van der Waals surface area contributed by atoms with E-state index < -0.39 is 0 Å². The minimum atomic E-state index is -0.224. The summed E-state index contributed by atoms with van der Waals surface area (Å²) in [6, 6.07) is 5.13. The van der Waals surface area contributed by atoms with Crippen LogP contribution in [0.25, 0.3) is 0 Å². The lowest BCUT2D eigenvalue weighted by atomic mass is 10.1. The van der Waals surface area contributed by atoms with E-state index in [4.69, 9.17) is 10.9 Å². The fourth-order valence-electron chi connectivity index (χ4n) is 1.67. The highest BCUT2D eigenvalue weighted by molar-refractivity contribution is 9.10. The molecule has 4 N–H and O–H groups in total. The molecular weight excluding hydrogens is 342 g/mol. The zero-order valence-corrected chi connectivity index (χ0v) is 13.0. The van der Waals surface area contributed by atoms with E-state index in [1.807, 2.05) is 12.3 Å². The minimum absolute atomic E-state index is 0.0661. The van der Waals surface area contributed by atoms with Crippen LogP contribution in [0.5, 0.6) is 0 Å². The Morgan fingerprint density at radius 3 is 2.75 bits per heavy atom. The van der Waals surface area contributed by atoms with Crippen LogP contribution in [0.1, 0.15) is 21.5 Å². The fourth-order valence-corrected chi connectivity index (χ4v) is 2.86. The first-order valence-electron chi connectivity index (χ1n) is 5.64. The number of aryl methyl sites for hydroxylation is 1. The Labute approximate surface area is 128 Å². The molecule has 0 unspecified atom stereocenters. The molecule has 0 saturated heterocycles. The van der Waals surface area contributed by atoms with Crippen LogP contribution in [0.15, 0.2) is 38.6 Å². The van der Waals surface area contributed by atoms with Gasteiger partial charge in [0.1, 0.15) is 0 Å². The number of nitrogens with zero attached hydrogens (tertiary/aromatic N) is 1. The van der Waals surface area contributed by atoms with Gasteiger partial charge in [0.25, 0.3) is 5.91 Å². The van der Waals surface area contributed by atoms with Crippen molar-refractivity contribution in [3.05, 3.63) is 50.1 Å². The molecule has 1 aromatic heterocycles. The molecule has 20 heavy (non-hydrogen) atoms. The van der Waals surface area contributed by atoms with E-state index in [-0.39, 0.29) is 11.7 Å². The Hall–Kier alpha value is -1.86. The number of carbonyl (C=O) groups excluding carboxylic acids is 1. The van der Waals surface area contributed by atoms with Gasteiger partial charge in [-0.15, -0.1) is 0 Å². The van der Waals surface area contributed by atoms with Crippen molar-refractivity contribution < 1.29 is 10.0 Å². The third-order valence-corrected chi connectivity index (χ3v) is 4.07. The molecule has 7 heteroatoms. The molecule has 1 amide bonds. The van der Waals surface area contributed by atoms with Crippen LogP contribution in [-0.4, -0.2) is 17.0 Å². The second-order valence-corrected chi connectivity index (χ2v) is 5.76. The van der Waals surface area contributed by atoms with Crippen LogP contribution in [-0.2, 0) is 0 Å². The maximum absolute atomic E-state index is 12.2. The summed E-state index contributed by atoms with van der Waals surface area (Å²) < 4.78 is 0.767. The number of halogens is 1. The largest absolute Gasteiger partial charge is 0.409 e. The molecule has 0 bridgehead atoms. The number of amides is 1. The van der Waals surface area contributed by atoms with Gasteiger partial charge in [0, 0.05) is 15.4 Å². The zero-order valence-electron chi connectivity index (χ0n) is 10.6. The number of carbonyl (C=O) groups is 1. The van der Waals surface area contributed by atoms with E-state index >= 15 is 0 Å². The smallest absolute Gasteiger partial charge is 0.256 e. The van der Waals surface area contributed by atoms with Crippen molar-refractivity contribution in [3.63, 3.8) is 0 Å². The van der Waals surface area contributed by atoms with E-state index in [1.54, 1.807) is 23.6 Å². The Morgan fingerprint density at radius 1 is 1.40 bits per heavy atom. The van der Waals surface area contributed by atoms with Crippen LogP contribution < -0.4 is 11.1 Å².